The molecular weight excluding hydrogens is 156 g/mol. The average molecular weight is 176 g/mol. The molecule has 4 saturated carbocycles. The Morgan fingerprint density at radius 2 is 1.92 bits per heavy atom. The second-order valence-corrected chi connectivity index (χ2v) is 6.96. The van der Waals surface area contributed by atoms with Gasteiger partial charge in [0.15, 0.2) is 0 Å². The molecular formula is C13H20. The number of hydrogen-bond acceptors (Lipinski definition) is 0. The summed E-state index contributed by atoms with van der Waals surface area (Å²) in [6.07, 6.45) is 7.98. The molecule has 0 radical (unpaired) electrons. The zero-order valence-electron chi connectivity index (χ0n) is 8.84. The molecule has 4 aliphatic carbocycles. The normalized spacial score (nSPS) is 72.5. The van der Waals surface area contributed by atoms with Crippen molar-refractivity contribution in [1.29, 1.82) is 0 Å². The van der Waals surface area contributed by atoms with E-state index >= 15 is 0 Å². The van der Waals surface area contributed by atoms with Crippen molar-refractivity contribution in [3.63, 3.8) is 0 Å². The maximum atomic E-state index is 2.57. The van der Waals surface area contributed by atoms with Crippen LogP contribution < -0.4 is 0 Å². The number of fused-ring (bicyclic) bond motifs is 1. The molecule has 0 heterocycles. The first-order valence-corrected chi connectivity index (χ1v) is 6.14. The van der Waals surface area contributed by atoms with Crippen LogP contribution >= 0.6 is 0 Å². The van der Waals surface area contributed by atoms with Gasteiger partial charge in [0.1, 0.15) is 0 Å². The summed E-state index contributed by atoms with van der Waals surface area (Å²) in [5, 5.41) is 0. The minimum Gasteiger partial charge on any atom is -0.0622 e. The Hall–Kier alpha value is 0. The summed E-state index contributed by atoms with van der Waals surface area (Å²) in [6.45, 7) is 5.10. The Bertz CT molecular complexity index is 276. The van der Waals surface area contributed by atoms with Crippen molar-refractivity contribution in [2.45, 2.75) is 46.0 Å². The minimum atomic E-state index is 0.790. The highest BCUT2D eigenvalue weighted by atomic mass is 14.8. The van der Waals surface area contributed by atoms with Crippen molar-refractivity contribution in [2.24, 2.45) is 34.5 Å². The van der Waals surface area contributed by atoms with Crippen molar-refractivity contribution in [1.82, 2.24) is 0 Å². The standard InChI is InChI=1S/C13H20/c1-8-3-9-4-10-5-12(2)6-11(8)13(9,10)7-12/h8-11H,3-7H2,1-2H3. The highest BCUT2D eigenvalue weighted by Crippen LogP contribution is 2.82. The Morgan fingerprint density at radius 3 is 2.62 bits per heavy atom. The van der Waals surface area contributed by atoms with Crippen LogP contribution in [0.15, 0.2) is 0 Å². The van der Waals surface area contributed by atoms with Gasteiger partial charge >= 0.3 is 0 Å². The van der Waals surface area contributed by atoms with Crippen LogP contribution in [0.2, 0.25) is 0 Å². The highest BCUT2D eigenvalue weighted by molar-refractivity contribution is 5.23. The third-order valence-corrected chi connectivity index (χ3v) is 6.31. The van der Waals surface area contributed by atoms with E-state index in [2.05, 4.69) is 13.8 Å². The molecule has 6 atom stereocenters. The molecule has 0 aromatic carbocycles. The lowest BCUT2D eigenvalue weighted by Crippen LogP contribution is -2.45. The summed E-state index contributed by atoms with van der Waals surface area (Å²) < 4.78 is 0. The molecule has 4 fully saturated rings. The van der Waals surface area contributed by atoms with Crippen LogP contribution in [-0.2, 0) is 0 Å². The Kier molecular flexibility index (Phi) is 0.971. The molecule has 0 N–H and O–H groups in total. The lowest BCUT2D eigenvalue weighted by molar-refractivity contribution is -0.0380. The summed E-state index contributed by atoms with van der Waals surface area (Å²) in [7, 11) is 0. The first-order chi connectivity index (χ1) is 6.14. The van der Waals surface area contributed by atoms with Crippen LogP contribution in [0.25, 0.3) is 0 Å². The highest BCUT2D eigenvalue weighted by Gasteiger charge is 2.74. The predicted molar refractivity (Wildman–Crippen MR) is 53.3 cm³/mol. The second kappa shape index (κ2) is 1.73. The van der Waals surface area contributed by atoms with Crippen LogP contribution in [0.5, 0.6) is 0 Å². The second-order valence-electron chi connectivity index (χ2n) is 6.96. The SMILES string of the molecule is CC1CC2CC3CC4(C)CC1C23C4. The number of rotatable bonds is 0. The van der Waals surface area contributed by atoms with E-state index in [9.17, 15) is 0 Å². The Labute approximate surface area is 81.1 Å². The fourth-order valence-electron chi connectivity index (χ4n) is 6.20. The van der Waals surface area contributed by atoms with Crippen molar-refractivity contribution in [3.8, 4) is 0 Å². The summed E-state index contributed by atoms with van der Waals surface area (Å²) >= 11 is 0. The van der Waals surface area contributed by atoms with Gasteiger partial charge in [-0.25, -0.2) is 0 Å². The molecule has 4 rings (SSSR count). The zero-order chi connectivity index (χ0) is 8.84. The van der Waals surface area contributed by atoms with Crippen molar-refractivity contribution in [3.05, 3.63) is 0 Å². The summed E-state index contributed by atoms with van der Waals surface area (Å²) in [5.41, 5.74) is 1.70. The molecule has 2 bridgehead atoms. The summed E-state index contributed by atoms with van der Waals surface area (Å²) in [5.74, 6) is 4.56. The molecule has 0 heteroatoms. The van der Waals surface area contributed by atoms with E-state index < -0.39 is 0 Å². The maximum Gasteiger partial charge on any atom is -0.0204 e. The van der Waals surface area contributed by atoms with E-state index in [-0.39, 0.29) is 0 Å². The quantitative estimate of drug-likeness (QED) is 0.530. The van der Waals surface area contributed by atoms with Gasteiger partial charge in [-0.3, -0.25) is 0 Å². The van der Waals surface area contributed by atoms with Crippen molar-refractivity contribution < 1.29 is 0 Å². The lowest BCUT2D eigenvalue weighted by Gasteiger charge is -2.52. The molecule has 6 unspecified atom stereocenters. The fraction of sp³-hybridized carbons (Fsp3) is 1.00. The monoisotopic (exact) mass is 176 g/mol. The van der Waals surface area contributed by atoms with Crippen molar-refractivity contribution in [2.75, 3.05) is 0 Å². The molecule has 1 spiro atoms. The van der Waals surface area contributed by atoms with Crippen molar-refractivity contribution >= 4 is 0 Å². The maximum absolute atomic E-state index is 2.57. The van der Waals surface area contributed by atoms with E-state index in [0.717, 1.165) is 22.7 Å². The van der Waals surface area contributed by atoms with Crippen LogP contribution in [-0.4, -0.2) is 0 Å². The molecule has 0 aliphatic heterocycles. The third-order valence-electron chi connectivity index (χ3n) is 6.31. The van der Waals surface area contributed by atoms with Crippen LogP contribution in [0, 0.1) is 34.5 Å². The topological polar surface area (TPSA) is 0 Å². The molecule has 0 amide bonds. The van der Waals surface area contributed by atoms with Gasteiger partial charge in [-0.1, -0.05) is 13.8 Å². The van der Waals surface area contributed by atoms with Crippen LogP contribution in [0.4, 0.5) is 0 Å². The van der Waals surface area contributed by atoms with E-state index in [1.165, 1.54) is 11.8 Å². The van der Waals surface area contributed by atoms with Gasteiger partial charge in [-0.2, -0.15) is 0 Å². The first-order valence-electron chi connectivity index (χ1n) is 6.14. The summed E-state index contributed by atoms with van der Waals surface area (Å²) in [6, 6.07) is 0. The Balaban J connectivity index is 1.86. The molecule has 72 valence electrons. The lowest BCUT2D eigenvalue weighted by atomic mass is 9.52. The molecule has 0 saturated heterocycles. The molecule has 0 nitrogen and oxygen atoms in total. The largest absolute Gasteiger partial charge is 0.0622 e. The molecule has 4 aliphatic rings. The summed E-state index contributed by atoms with van der Waals surface area (Å²) in [4.78, 5) is 0. The molecule has 0 aromatic heterocycles. The van der Waals surface area contributed by atoms with Gasteiger partial charge in [0, 0.05) is 0 Å². The average Bonchev–Trinajstić information content (AvgIpc) is 2.56. The number of hydrogen-bond donors (Lipinski definition) is 0. The van der Waals surface area contributed by atoms with Gasteiger partial charge in [0.25, 0.3) is 0 Å². The van der Waals surface area contributed by atoms with E-state index in [1.54, 1.807) is 32.1 Å². The van der Waals surface area contributed by atoms with Gasteiger partial charge < -0.3 is 0 Å². The minimum absolute atomic E-state index is 0.790. The predicted octanol–water partition coefficient (Wildman–Crippen LogP) is 3.47. The smallest absolute Gasteiger partial charge is 0.0204 e. The van der Waals surface area contributed by atoms with Gasteiger partial charge in [0.05, 0.1) is 0 Å². The van der Waals surface area contributed by atoms with E-state index in [0.29, 0.717) is 0 Å². The van der Waals surface area contributed by atoms with Gasteiger partial charge in [0.2, 0.25) is 0 Å². The fourth-order valence-corrected chi connectivity index (χ4v) is 6.20. The van der Waals surface area contributed by atoms with E-state index in [1.807, 2.05) is 0 Å². The van der Waals surface area contributed by atoms with Crippen LogP contribution in [0.3, 0.4) is 0 Å². The van der Waals surface area contributed by atoms with E-state index in [4.69, 9.17) is 0 Å². The Morgan fingerprint density at radius 1 is 1.08 bits per heavy atom. The van der Waals surface area contributed by atoms with Gasteiger partial charge in [-0.05, 0) is 66.6 Å². The van der Waals surface area contributed by atoms with Gasteiger partial charge in [-0.15, -0.1) is 0 Å². The molecule has 13 heavy (non-hydrogen) atoms. The zero-order valence-corrected chi connectivity index (χ0v) is 8.84. The molecule has 0 aromatic rings. The van der Waals surface area contributed by atoms with Crippen LogP contribution in [0.1, 0.15) is 46.0 Å². The first kappa shape index (κ1) is 7.31. The third kappa shape index (κ3) is 0.567.